The van der Waals surface area contributed by atoms with Gasteiger partial charge in [-0.1, -0.05) is 6.92 Å². The van der Waals surface area contributed by atoms with Crippen molar-refractivity contribution in [3.8, 4) is 5.75 Å². The highest BCUT2D eigenvalue weighted by Crippen LogP contribution is 2.29. The molecule has 1 aliphatic rings. The lowest BCUT2D eigenvalue weighted by Crippen LogP contribution is -2.07. The topological polar surface area (TPSA) is 44.5 Å². The van der Waals surface area contributed by atoms with Crippen LogP contribution in [0.4, 0.5) is 5.69 Å². The summed E-state index contributed by atoms with van der Waals surface area (Å²) < 4.78 is 11.2. The maximum absolute atomic E-state index is 5.89. The second-order valence-electron chi connectivity index (χ2n) is 4.53. The molecule has 0 bridgehead atoms. The van der Waals surface area contributed by atoms with Gasteiger partial charge in [0, 0.05) is 29.0 Å². The molecule has 1 aliphatic heterocycles. The minimum absolute atomic E-state index is 0.399. The maximum atomic E-state index is 5.89. The smallest absolute Gasteiger partial charge is 0.122 e. The van der Waals surface area contributed by atoms with Gasteiger partial charge in [-0.25, -0.2) is 0 Å². The molecule has 100 valence electrons. The first-order valence-corrected chi connectivity index (χ1v) is 7.54. The molecule has 2 N–H and O–H groups in total. The van der Waals surface area contributed by atoms with Crippen LogP contribution in [0.3, 0.4) is 0 Å². The molecule has 1 fully saturated rings. The molecular formula is C14H21NO2S. The minimum atomic E-state index is 0.399. The van der Waals surface area contributed by atoms with Gasteiger partial charge in [-0.3, -0.25) is 0 Å². The van der Waals surface area contributed by atoms with Gasteiger partial charge in [-0.15, -0.1) is 11.8 Å². The molecule has 4 heteroatoms. The number of anilines is 1. The standard InChI is InChI=1S/C14H21NO2S/c1-2-5-16-13-7-11(15)8-14(9-13)18-10-12-4-3-6-17-12/h7-9,12H,2-6,10,15H2,1H3. The number of rotatable bonds is 6. The predicted octanol–water partition coefficient (Wildman–Crippen LogP) is 3.33. The number of nitrogen functional groups attached to an aromatic ring is 1. The van der Waals surface area contributed by atoms with Gasteiger partial charge >= 0.3 is 0 Å². The molecule has 0 aliphatic carbocycles. The van der Waals surface area contributed by atoms with Crippen LogP contribution >= 0.6 is 11.8 Å². The lowest BCUT2D eigenvalue weighted by Gasteiger charge is -2.11. The molecule has 0 spiro atoms. The van der Waals surface area contributed by atoms with Gasteiger partial charge in [0.15, 0.2) is 0 Å². The Morgan fingerprint density at radius 1 is 1.44 bits per heavy atom. The molecule has 0 amide bonds. The van der Waals surface area contributed by atoms with Gasteiger partial charge in [0.1, 0.15) is 5.75 Å². The summed E-state index contributed by atoms with van der Waals surface area (Å²) in [5.41, 5.74) is 6.65. The molecule has 2 rings (SSSR count). The van der Waals surface area contributed by atoms with Crippen molar-refractivity contribution in [2.45, 2.75) is 37.2 Å². The Bertz CT molecular complexity index is 378. The summed E-state index contributed by atoms with van der Waals surface area (Å²) in [6, 6.07) is 5.94. The monoisotopic (exact) mass is 267 g/mol. The Kier molecular flexibility index (Phi) is 5.20. The van der Waals surface area contributed by atoms with Gasteiger partial charge in [-0.2, -0.15) is 0 Å². The number of hydrogen-bond acceptors (Lipinski definition) is 4. The number of nitrogens with two attached hydrogens (primary N) is 1. The zero-order chi connectivity index (χ0) is 12.8. The van der Waals surface area contributed by atoms with E-state index in [1.807, 2.05) is 12.1 Å². The van der Waals surface area contributed by atoms with E-state index in [0.29, 0.717) is 6.10 Å². The van der Waals surface area contributed by atoms with Gasteiger partial charge in [-0.05, 0) is 31.4 Å². The third kappa shape index (κ3) is 4.10. The first-order valence-electron chi connectivity index (χ1n) is 6.55. The lowest BCUT2D eigenvalue weighted by molar-refractivity contribution is 0.129. The quantitative estimate of drug-likeness (QED) is 0.634. The van der Waals surface area contributed by atoms with Crippen LogP contribution in [0.1, 0.15) is 26.2 Å². The molecule has 1 heterocycles. The van der Waals surface area contributed by atoms with E-state index in [1.165, 1.54) is 12.8 Å². The lowest BCUT2D eigenvalue weighted by atomic mass is 10.3. The highest BCUT2D eigenvalue weighted by Gasteiger charge is 2.15. The summed E-state index contributed by atoms with van der Waals surface area (Å²) in [4.78, 5) is 1.16. The minimum Gasteiger partial charge on any atom is -0.493 e. The van der Waals surface area contributed by atoms with Crippen molar-refractivity contribution in [2.75, 3.05) is 24.7 Å². The summed E-state index contributed by atoms with van der Waals surface area (Å²) in [7, 11) is 0. The van der Waals surface area contributed by atoms with Crippen molar-refractivity contribution in [1.82, 2.24) is 0 Å². The van der Waals surface area contributed by atoms with Crippen molar-refractivity contribution < 1.29 is 9.47 Å². The highest BCUT2D eigenvalue weighted by atomic mass is 32.2. The normalized spacial score (nSPS) is 19.1. The first-order chi connectivity index (χ1) is 8.78. The van der Waals surface area contributed by atoms with Gasteiger partial charge in [0.25, 0.3) is 0 Å². The summed E-state index contributed by atoms with van der Waals surface area (Å²) in [6.45, 7) is 3.74. The second kappa shape index (κ2) is 6.90. The molecule has 1 aromatic carbocycles. The van der Waals surface area contributed by atoms with Gasteiger partial charge < -0.3 is 15.2 Å². The summed E-state index contributed by atoms with van der Waals surface area (Å²) >= 11 is 1.79. The van der Waals surface area contributed by atoms with E-state index in [1.54, 1.807) is 11.8 Å². The van der Waals surface area contributed by atoms with E-state index in [4.69, 9.17) is 15.2 Å². The molecule has 1 aromatic rings. The fraction of sp³-hybridized carbons (Fsp3) is 0.571. The van der Waals surface area contributed by atoms with Gasteiger partial charge in [0.2, 0.25) is 0 Å². The van der Waals surface area contributed by atoms with E-state index >= 15 is 0 Å². The molecule has 1 saturated heterocycles. The van der Waals surface area contributed by atoms with Crippen LogP contribution in [0, 0.1) is 0 Å². The van der Waals surface area contributed by atoms with Crippen LogP contribution in [0.2, 0.25) is 0 Å². The van der Waals surface area contributed by atoms with Crippen LogP contribution in [0.15, 0.2) is 23.1 Å². The average molecular weight is 267 g/mol. The molecular weight excluding hydrogens is 246 g/mol. The van der Waals surface area contributed by atoms with E-state index in [-0.39, 0.29) is 0 Å². The molecule has 1 unspecified atom stereocenters. The van der Waals surface area contributed by atoms with Crippen molar-refractivity contribution in [1.29, 1.82) is 0 Å². The van der Waals surface area contributed by atoms with Crippen LogP contribution in [-0.4, -0.2) is 25.1 Å². The third-order valence-corrected chi connectivity index (χ3v) is 3.94. The number of benzene rings is 1. The zero-order valence-electron chi connectivity index (χ0n) is 10.9. The summed E-state index contributed by atoms with van der Waals surface area (Å²) in [5.74, 6) is 1.86. The van der Waals surface area contributed by atoms with Gasteiger partial charge in [0.05, 0.1) is 12.7 Å². The van der Waals surface area contributed by atoms with E-state index in [2.05, 4.69) is 13.0 Å². The van der Waals surface area contributed by atoms with Crippen LogP contribution in [-0.2, 0) is 4.74 Å². The van der Waals surface area contributed by atoms with Crippen molar-refractivity contribution >= 4 is 17.4 Å². The average Bonchev–Trinajstić information content (AvgIpc) is 2.86. The molecule has 1 atom stereocenters. The predicted molar refractivity (Wildman–Crippen MR) is 76.3 cm³/mol. The third-order valence-electron chi connectivity index (χ3n) is 2.84. The maximum Gasteiger partial charge on any atom is 0.122 e. The largest absolute Gasteiger partial charge is 0.493 e. The molecule has 3 nitrogen and oxygen atoms in total. The number of thioether (sulfide) groups is 1. The SMILES string of the molecule is CCCOc1cc(N)cc(SCC2CCCO2)c1. The fourth-order valence-corrected chi connectivity index (χ4v) is 3.01. The van der Waals surface area contributed by atoms with E-state index in [9.17, 15) is 0 Å². The molecule has 0 aromatic heterocycles. The number of hydrogen-bond donors (Lipinski definition) is 1. The molecule has 18 heavy (non-hydrogen) atoms. The Balaban J connectivity index is 1.91. The van der Waals surface area contributed by atoms with Crippen molar-refractivity contribution in [3.05, 3.63) is 18.2 Å². The fourth-order valence-electron chi connectivity index (χ4n) is 1.95. The van der Waals surface area contributed by atoms with Crippen molar-refractivity contribution in [2.24, 2.45) is 0 Å². The van der Waals surface area contributed by atoms with Crippen molar-refractivity contribution in [3.63, 3.8) is 0 Å². The Morgan fingerprint density at radius 3 is 3.06 bits per heavy atom. The Morgan fingerprint density at radius 2 is 2.33 bits per heavy atom. The van der Waals surface area contributed by atoms with E-state index < -0.39 is 0 Å². The van der Waals surface area contributed by atoms with Crippen LogP contribution in [0.5, 0.6) is 5.75 Å². The first kappa shape index (κ1) is 13.6. The Labute approximate surface area is 113 Å². The zero-order valence-corrected chi connectivity index (χ0v) is 11.7. The van der Waals surface area contributed by atoms with Crippen LogP contribution < -0.4 is 10.5 Å². The molecule has 0 saturated carbocycles. The summed E-state index contributed by atoms with van der Waals surface area (Å²) in [6.07, 6.45) is 3.77. The van der Waals surface area contributed by atoms with E-state index in [0.717, 1.165) is 41.7 Å². The van der Waals surface area contributed by atoms with Crippen LogP contribution in [0.25, 0.3) is 0 Å². The number of ether oxygens (including phenoxy) is 2. The molecule has 0 radical (unpaired) electrons. The Hall–Kier alpha value is -0.870. The second-order valence-corrected chi connectivity index (χ2v) is 5.63. The summed E-state index contributed by atoms with van der Waals surface area (Å²) in [5, 5.41) is 0. The highest BCUT2D eigenvalue weighted by molar-refractivity contribution is 7.99.